The number of fused-ring (bicyclic) bond motifs is 3. The molecule has 2 heterocycles. The van der Waals surface area contributed by atoms with E-state index in [4.69, 9.17) is 8.83 Å². The molecule has 0 amide bonds. The number of esters is 1. The molecule has 1 aromatic carbocycles. The first-order valence-corrected chi connectivity index (χ1v) is 6.11. The van der Waals surface area contributed by atoms with Crippen LogP contribution in [-0.4, -0.2) is 13.1 Å². The van der Waals surface area contributed by atoms with Crippen LogP contribution in [0.4, 0.5) is 0 Å². The predicted octanol–water partition coefficient (Wildman–Crippen LogP) is 1.99. The minimum atomic E-state index is -0.866. The number of carbonyl (C=O) groups excluding carboxylic acids is 1. The van der Waals surface area contributed by atoms with Gasteiger partial charge in [0.25, 0.3) is 0 Å². The topological polar surface area (TPSA) is 86.7 Å². The molecule has 0 spiro atoms. The van der Waals surface area contributed by atoms with Crippen molar-refractivity contribution in [3.63, 3.8) is 0 Å². The van der Waals surface area contributed by atoms with Gasteiger partial charge in [-0.2, -0.15) is 0 Å². The zero-order valence-corrected chi connectivity index (χ0v) is 11.3. The Balaban J connectivity index is 2.51. The minimum absolute atomic E-state index is 0.0214. The lowest BCUT2D eigenvalue weighted by Crippen LogP contribution is -2.16. The van der Waals surface area contributed by atoms with Crippen LogP contribution < -0.4 is 11.3 Å². The van der Waals surface area contributed by atoms with E-state index in [9.17, 15) is 14.4 Å². The average Bonchev–Trinajstić information content (AvgIpc) is 2.47. The van der Waals surface area contributed by atoms with Crippen LogP contribution in [0.15, 0.2) is 42.7 Å². The third-order valence-electron chi connectivity index (χ3n) is 3.16. The lowest BCUT2D eigenvalue weighted by atomic mass is 10.1. The molecule has 0 atom stereocenters. The number of rotatable bonds is 1. The van der Waals surface area contributed by atoms with Crippen molar-refractivity contribution in [2.24, 2.45) is 0 Å². The Labute approximate surface area is 117 Å². The summed E-state index contributed by atoms with van der Waals surface area (Å²) in [6.07, 6.45) is 0. The summed E-state index contributed by atoms with van der Waals surface area (Å²) in [6.45, 7) is 1.86. The molecule has 0 N–H and O–H groups in total. The molecule has 21 heavy (non-hydrogen) atoms. The van der Waals surface area contributed by atoms with E-state index in [0.29, 0.717) is 11.0 Å². The second-order valence-electron chi connectivity index (χ2n) is 4.57. The Morgan fingerprint density at radius 1 is 1.05 bits per heavy atom. The zero-order valence-electron chi connectivity index (χ0n) is 11.3. The Hall–Kier alpha value is -2.89. The molecule has 0 unspecified atom stereocenters. The molecule has 0 saturated carbocycles. The molecule has 0 aliphatic carbocycles. The molecule has 2 aromatic heterocycles. The molecule has 3 aromatic rings. The maximum atomic E-state index is 12.0. The highest BCUT2D eigenvalue weighted by atomic mass is 16.5. The molecule has 0 fully saturated rings. The van der Waals surface area contributed by atoms with Gasteiger partial charge in [0.2, 0.25) is 0 Å². The van der Waals surface area contributed by atoms with E-state index in [1.807, 2.05) is 6.92 Å². The fraction of sp³-hybridized carbons (Fsp3) is 0.133. The molecule has 0 bridgehead atoms. The van der Waals surface area contributed by atoms with Crippen molar-refractivity contribution in [2.75, 3.05) is 7.11 Å². The van der Waals surface area contributed by atoms with E-state index in [1.54, 1.807) is 18.2 Å². The van der Waals surface area contributed by atoms with Crippen molar-refractivity contribution < 1.29 is 18.4 Å². The summed E-state index contributed by atoms with van der Waals surface area (Å²) >= 11 is 0. The summed E-state index contributed by atoms with van der Waals surface area (Å²) in [5, 5.41) is 0.520. The highest BCUT2D eigenvalue weighted by Gasteiger charge is 2.18. The smallest absolute Gasteiger partial charge is 0.351 e. The third kappa shape index (κ3) is 2.01. The highest BCUT2D eigenvalue weighted by molar-refractivity contribution is 6.02. The fourth-order valence-electron chi connectivity index (χ4n) is 2.14. The van der Waals surface area contributed by atoms with Gasteiger partial charge in [-0.3, -0.25) is 0 Å². The third-order valence-corrected chi connectivity index (χ3v) is 3.16. The maximum absolute atomic E-state index is 12.0. The van der Waals surface area contributed by atoms with Gasteiger partial charge in [-0.05, 0) is 25.1 Å². The summed E-state index contributed by atoms with van der Waals surface area (Å²) < 4.78 is 14.8. The van der Waals surface area contributed by atoms with Crippen molar-refractivity contribution in [3.05, 3.63) is 56.2 Å². The van der Waals surface area contributed by atoms with Crippen molar-refractivity contribution in [2.45, 2.75) is 6.92 Å². The van der Waals surface area contributed by atoms with Gasteiger partial charge < -0.3 is 13.6 Å². The SMILES string of the molecule is COC(=O)c1cc2c(=O)oc3ccc(C)cc3c2oc1=O. The van der Waals surface area contributed by atoms with Crippen molar-refractivity contribution in [3.8, 4) is 0 Å². The van der Waals surface area contributed by atoms with Crippen molar-refractivity contribution >= 4 is 27.9 Å². The second-order valence-corrected chi connectivity index (χ2v) is 4.57. The number of hydrogen-bond acceptors (Lipinski definition) is 6. The van der Waals surface area contributed by atoms with Gasteiger partial charge in [0, 0.05) is 0 Å². The number of benzene rings is 1. The predicted molar refractivity (Wildman–Crippen MR) is 74.6 cm³/mol. The fourth-order valence-corrected chi connectivity index (χ4v) is 2.14. The van der Waals surface area contributed by atoms with Crippen molar-refractivity contribution in [1.82, 2.24) is 0 Å². The van der Waals surface area contributed by atoms with Crippen LogP contribution in [-0.2, 0) is 4.74 Å². The molecular weight excluding hydrogens is 276 g/mol. The van der Waals surface area contributed by atoms with Gasteiger partial charge >= 0.3 is 17.2 Å². The van der Waals surface area contributed by atoms with Crippen LogP contribution in [0.5, 0.6) is 0 Å². The Bertz CT molecular complexity index is 993. The van der Waals surface area contributed by atoms with Crippen LogP contribution in [0.2, 0.25) is 0 Å². The number of hydrogen-bond donors (Lipinski definition) is 0. The molecule has 6 heteroatoms. The molecule has 0 radical (unpaired) electrons. The Morgan fingerprint density at radius 3 is 2.52 bits per heavy atom. The number of ether oxygens (including phenoxy) is 1. The van der Waals surface area contributed by atoms with Crippen LogP contribution in [0.25, 0.3) is 21.9 Å². The standard InChI is InChI=1S/C15H10O6/c1-7-3-4-11-8(5-7)12-9(14(17)20-11)6-10(13(16)19-2)15(18)21-12/h3-6H,1-2H3. The first kappa shape index (κ1) is 13.1. The Morgan fingerprint density at radius 2 is 1.81 bits per heavy atom. The molecule has 3 rings (SSSR count). The van der Waals surface area contributed by atoms with E-state index in [-0.39, 0.29) is 16.5 Å². The molecule has 6 nitrogen and oxygen atoms in total. The first-order chi connectivity index (χ1) is 10.0. The Kier molecular flexibility index (Phi) is 2.86. The van der Waals surface area contributed by atoms with Gasteiger partial charge in [0.15, 0.2) is 5.58 Å². The highest BCUT2D eigenvalue weighted by Crippen LogP contribution is 2.23. The van der Waals surface area contributed by atoms with E-state index in [2.05, 4.69) is 4.74 Å². The van der Waals surface area contributed by atoms with Crippen LogP contribution in [0, 0.1) is 6.92 Å². The first-order valence-electron chi connectivity index (χ1n) is 6.11. The summed E-state index contributed by atoms with van der Waals surface area (Å²) in [7, 11) is 1.14. The summed E-state index contributed by atoms with van der Waals surface area (Å²) in [5.74, 6) is -0.866. The van der Waals surface area contributed by atoms with Crippen molar-refractivity contribution in [1.29, 1.82) is 0 Å². The van der Waals surface area contributed by atoms with Gasteiger partial charge in [-0.15, -0.1) is 0 Å². The van der Waals surface area contributed by atoms with Gasteiger partial charge in [0.1, 0.15) is 16.5 Å². The number of methoxy groups -OCH3 is 1. The summed E-state index contributed by atoms with van der Waals surface area (Å²) in [6, 6.07) is 6.28. The minimum Gasteiger partial charge on any atom is -0.465 e. The number of aryl methyl sites for hydroxylation is 1. The normalized spacial score (nSPS) is 11.0. The molecular formula is C15H10O6. The molecule has 0 aliphatic rings. The monoisotopic (exact) mass is 286 g/mol. The van der Waals surface area contributed by atoms with E-state index < -0.39 is 17.2 Å². The maximum Gasteiger partial charge on any atom is 0.351 e. The van der Waals surface area contributed by atoms with Gasteiger partial charge in [-0.25, -0.2) is 14.4 Å². The quantitative estimate of drug-likeness (QED) is 0.386. The average molecular weight is 286 g/mol. The lowest BCUT2D eigenvalue weighted by Gasteiger charge is -2.03. The largest absolute Gasteiger partial charge is 0.465 e. The molecule has 0 aliphatic heterocycles. The number of carbonyl (C=O) groups is 1. The second kappa shape index (κ2) is 4.59. The van der Waals surface area contributed by atoms with E-state index in [1.165, 1.54) is 0 Å². The van der Waals surface area contributed by atoms with Crippen LogP contribution in [0.3, 0.4) is 0 Å². The van der Waals surface area contributed by atoms with Gasteiger partial charge in [0.05, 0.1) is 12.5 Å². The summed E-state index contributed by atoms with van der Waals surface area (Å²) in [4.78, 5) is 35.3. The van der Waals surface area contributed by atoms with Gasteiger partial charge in [-0.1, -0.05) is 11.6 Å². The molecule has 0 saturated heterocycles. The van der Waals surface area contributed by atoms with E-state index in [0.717, 1.165) is 18.7 Å². The zero-order chi connectivity index (χ0) is 15.1. The summed E-state index contributed by atoms with van der Waals surface area (Å²) in [5.41, 5.74) is -0.561. The lowest BCUT2D eigenvalue weighted by molar-refractivity contribution is 0.0596. The van der Waals surface area contributed by atoms with E-state index >= 15 is 0 Å². The van der Waals surface area contributed by atoms with Crippen LogP contribution >= 0.6 is 0 Å². The molecule has 106 valence electrons. The van der Waals surface area contributed by atoms with Crippen LogP contribution in [0.1, 0.15) is 15.9 Å².